The summed E-state index contributed by atoms with van der Waals surface area (Å²) in [6.07, 6.45) is 6.14. The van der Waals surface area contributed by atoms with Gasteiger partial charge in [0, 0.05) is 30.1 Å². The second-order valence-electron chi connectivity index (χ2n) is 9.96. The highest BCUT2D eigenvalue weighted by molar-refractivity contribution is 7.98. The van der Waals surface area contributed by atoms with E-state index in [2.05, 4.69) is 31.2 Å². The smallest absolute Gasteiger partial charge is 0.326 e. The Morgan fingerprint density at radius 3 is 2.49 bits per heavy atom. The number of amides is 3. The Bertz CT molecular complexity index is 1230. The third kappa shape index (κ3) is 9.67. The molecule has 1 saturated heterocycles. The molecule has 224 valence electrons. The maximum absolute atomic E-state index is 13.6. The molecule has 0 bridgehead atoms. The van der Waals surface area contributed by atoms with Crippen molar-refractivity contribution in [2.75, 3.05) is 25.1 Å². The fourth-order valence-electron chi connectivity index (χ4n) is 4.72. The molecule has 3 rings (SSSR count). The van der Waals surface area contributed by atoms with Crippen LogP contribution in [0.5, 0.6) is 0 Å². The number of nitrogens with zero attached hydrogens (tertiary/aromatic N) is 1. The highest BCUT2D eigenvalue weighted by Crippen LogP contribution is 2.19. The summed E-state index contributed by atoms with van der Waals surface area (Å²) >= 11 is 1.49. The number of carboxylic acid groups (broad SMARTS) is 1. The number of nitrogens with two attached hydrogens (primary N) is 2. The van der Waals surface area contributed by atoms with Gasteiger partial charge in [0.1, 0.15) is 18.1 Å². The van der Waals surface area contributed by atoms with Crippen LogP contribution in [0.2, 0.25) is 0 Å². The fraction of sp³-hybridized carbons (Fsp3) is 0.519. The second kappa shape index (κ2) is 15.9. The Morgan fingerprint density at radius 2 is 1.80 bits per heavy atom. The van der Waals surface area contributed by atoms with Crippen LogP contribution in [0.1, 0.15) is 37.7 Å². The Balaban J connectivity index is 1.75. The minimum absolute atomic E-state index is 0.0984. The van der Waals surface area contributed by atoms with Gasteiger partial charge in [0.05, 0.1) is 6.04 Å². The molecule has 10 N–H and O–H groups in total. The number of para-hydroxylation sites is 1. The maximum Gasteiger partial charge on any atom is 0.326 e. The van der Waals surface area contributed by atoms with Gasteiger partial charge in [0.15, 0.2) is 5.96 Å². The number of H-pyrrole nitrogens is 1. The van der Waals surface area contributed by atoms with Gasteiger partial charge in [-0.25, -0.2) is 4.79 Å². The zero-order valence-electron chi connectivity index (χ0n) is 23.2. The molecule has 1 fully saturated rings. The molecule has 1 aromatic carbocycles. The molecule has 0 spiro atoms. The maximum atomic E-state index is 13.6. The predicted molar refractivity (Wildman–Crippen MR) is 159 cm³/mol. The molecule has 0 radical (unpaired) electrons. The highest BCUT2D eigenvalue weighted by atomic mass is 32.2. The average Bonchev–Trinajstić information content (AvgIpc) is 3.62. The van der Waals surface area contributed by atoms with Gasteiger partial charge in [-0.05, 0) is 62.3 Å². The van der Waals surface area contributed by atoms with Gasteiger partial charge >= 0.3 is 5.97 Å². The van der Waals surface area contributed by atoms with E-state index >= 15 is 0 Å². The molecule has 1 aromatic heterocycles. The fourth-order valence-corrected chi connectivity index (χ4v) is 5.19. The molecule has 0 saturated carbocycles. The largest absolute Gasteiger partial charge is 0.480 e. The molecule has 1 aliphatic heterocycles. The number of thioether (sulfide) groups is 1. The van der Waals surface area contributed by atoms with Crippen molar-refractivity contribution >= 4 is 52.3 Å². The van der Waals surface area contributed by atoms with Crippen molar-refractivity contribution in [2.24, 2.45) is 16.5 Å². The van der Waals surface area contributed by atoms with E-state index in [0.29, 0.717) is 18.6 Å². The van der Waals surface area contributed by atoms with Crippen molar-refractivity contribution in [3.63, 3.8) is 0 Å². The number of carbonyl (C=O) groups is 4. The molecule has 3 amide bonds. The van der Waals surface area contributed by atoms with Crippen LogP contribution in [-0.4, -0.2) is 89.0 Å². The van der Waals surface area contributed by atoms with Gasteiger partial charge in [-0.15, -0.1) is 0 Å². The first kappa shape index (κ1) is 31.7. The van der Waals surface area contributed by atoms with E-state index in [1.807, 2.05) is 36.7 Å². The number of rotatable bonds is 16. The zero-order valence-corrected chi connectivity index (χ0v) is 24.0. The molecule has 2 aromatic rings. The average molecular weight is 589 g/mol. The first-order chi connectivity index (χ1) is 19.7. The Hall–Kier alpha value is -3.78. The standard InChI is InChI=1S/C27H40N8O5S/c1-41-13-10-20(24(37)34-21(26(39)40)9-5-12-31-27(28)29)33-25(38)22(35-23(36)19-8-4-11-30-19)14-16-15-32-18-7-3-2-6-17(16)18/h2-3,6-7,15,19-22,30,32H,4-5,8-14H2,1H3,(H,33,38)(H,34,37)(H,35,36)(H,39,40)(H4,28,29,31). The molecule has 4 unspecified atom stereocenters. The minimum atomic E-state index is -1.20. The van der Waals surface area contributed by atoms with Crippen molar-refractivity contribution in [3.05, 3.63) is 36.0 Å². The predicted octanol–water partition coefficient (Wildman–Crippen LogP) is -0.192. The quantitative estimate of drug-likeness (QED) is 0.0739. The summed E-state index contributed by atoms with van der Waals surface area (Å²) in [7, 11) is 0. The third-order valence-electron chi connectivity index (χ3n) is 6.91. The summed E-state index contributed by atoms with van der Waals surface area (Å²) in [4.78, 5) is 58.7. The van der Waals surface area contributed by atoms with E-state index in [1.165, 1.54) is 11.8 Å². The van der Waals surface area contributed by atoms with Gasteiger partial charge in [0.25, 0.3) is 0 Å². The third-order valence-corrected chi connectivity index (χ3v) is 7.56. The molecule has 4 atom stereocenters. The van der Waals surface area contributed by atoms with Crippen molar-refractivity contribution in [3.8, 4) is 0 Å². The van der Waals surface area contributed by atoms with Crippen molar-refractivity contribution in [1.82, 2.24) is 26.3 Å². The van der Waals surface area contributed by atoms with E-state index in [9.17, 15) is 24.3 Å². The minimum Gasteiger partial charge on any atom is -0.480 e. The van der Waals surface area contributed by atoms with Crippen molar-refractivity contribution < 1.29 is 24.3 Å². The number of fused-ring (bicyclic) bond motifs is 1. The van der Waals surface area contributed by atoms with E-state index in [4.69, 9.17) is 11.5 Å². The Morgan fingerprint density at radius 1 is 1.07 bits per heavy atom. The summed E-state index contributed by atoms with van der Waals surface area (Å²) < 4.78 is 0. The van der Waals surface area contributed by atoms with Crippen molar-refractivity contribution in [1.29, 1.82) is 0 Å². The van der Waals surface area contributed by atoms with Crippen LogP contribution < -0.4 is 32.7 Å². The summed E-state index contributed by atoms with van der Waals surface area (Å²) in [5, 5.41) is 21.9. The van der Waals surface area contributed by atoms with Crippen molar-refractivity contribution in [2.45, 2.75) is 62.7 Å². The number of nitrogens with one attached hydrogen (secondary N) is 5. The van der Waals surface area contributed by atoms with E-state index in [0.717, 1.165) is 29.4 Å². The molecule has 41 heavy (non-hydrogen) atoms. The molecular weight excluding hydrogens is 548 g/mol. The van der Waals surface area contributed by atoms with Crippen LogP contribution in [-0.2, 0) is 25.6 Å². The molecule has 13 nitrogen and oxygen atoms in total. The molecule has 1 aliphatic rings. The zero-order chi connectivity index (χ0) is 29.8. The number of aliphatic carboxylic acids is 1. The summed E-state index contributed by atoms with van der Waals surface area (Å²) in [5.41, 5.74) is 12.4. The topological polar surface area (TPSA) is 217 Å². The number of hydrogen-bond donors (Lipinski definition) is 8. The first-order valence-electron chi connectivity index (χ1n) is 13.7. The van der Waals surface area contributed by atoms with Crippen LogP contribution in [0.4, 0.5) is 0 Å². The number of aromatic nitrogens is 1. The van der Waals surface area contributed by atoms with Gasteiger partial charge < -0.3 is 42.8 Å². The lowest BCUT2D eigenvalue weighted by Crippen LogP contribution is -2.57. The first-order valence-corrected chi connectivity index (χ1v) is 15.1. The lowest BCUT2D eigenvalue weighted by Gasteiger charge is -2.25. The van der Waals surface area contributed by atoms with E-state index in [1.54, 1.807) is 0 Å². The van der Waals surface area contributed by atoms with Gasteiger partial charge in [-0.3, -0.25) is 19.4 Å². The SMILES string of the molecule is CSCCC(NC(=O)C(Cc1c[nH]c2ccccc12)NC(=O)C1CCCN1)C(=O)NC(CCCN=C(N)N)C(=O)O. The molecular formula is C27H40N8O5S. The van der Waals surface area contributed by atoms with Crippen LogP contribution >= 0.6 is 11.8 Å². The van der Waals surface area contributed by atoms with Crippen LogP contribution in [0.25, 0.3) is 10.9 Å². The summed E-state index contributed by atoms with van der Waals surface area (Å²) in [6.45, 7) is 0.949. The van der Waals surface area contributed by atoms with Gasteiger partial charge in [0.2, 0.25) is 17.7 Å². The number of benzene rings is 1. The van der Waals surface area contributed by atoms with Crippen LogP contribution in [0.15, 0.2) is 35.5 Å². The lowest BCUT2D eigenvalue weighted by atomic mass is 10.0. The number of hydrogen-bond acceptors (Lipinski definition) is 7. The van der Waals surface area contributed by atoms with Gasteiger partial charge in [-0.2, -0.15) is 11.8 Å². The summed E-state index contributed by atoms with van der Waals surface area (Å²) in [6, 6.07) is 4.14. The monoisotopic (exact) mass is 588 g/mol. The lowest BCUT2D eigenvalue weighted by molar-refractivity contribution is -0.142. The normalized spacial score (nSPS) is 16.9. The number of carboxylic acids is 1. The summed E-state index contributed by atoms with van der Waals surface area (Å²) in [5.74, 6) is -2.17. The highest BCUT2D eigenvalue weighted by Gasteiger charge is 2.32. The van der Waals surface area contributed by atoms with Crippen LogP contribution in [0.3, 0.4) is 0 Å². The molecule has 2 heterocycles. The Kier molecular flexibility index (Phi) is 12.3. The molecule has 14 heteroatoms. The van der Waals surface area contributed by atoms with E-state index < -0.39 is 35.9 Å². The van der Waals surface area contributed by atoms with E-state index in [-0.39, 0.29) is 43.7 Å². The molecule has 0 aliphatic carbocycles. The number of aliphatic imine (C=N–C) groups is 1. The number of guanidine groups is 1. The number of carbonyl (C=O) groups excluding carboxylic acids is 3. The second-order valence-corrected chi connectivity index (χ2v) is 11.0. The Labute approximate surface area is 243 Å². The van der Waals surface area contributed by atoms with Gasteiger partial charge in [-0.1, -0.05) is 18.2 Å². The number of aromatic amines is 1. The van der Waals surface area contributed by atoms with Crippen LogP contribution in [0, 0.1) is 0 Å².